The average molecular weight is 313 g/mol. The quantitative estimate of drug-likeness (QED) is 0.942. The first-order chi connectivity index (χ1) is 10.2. The number of hydrogen-bond acceptors (Lipinski definition) is 4. The molecule has 1 amide bonds. The van der Waals surface area contributed by atoms with E-state index >= 15 is 0 Å². The van der Waals surface area contributed by atoms with E-state index in [4.69, 9.17) is 4.52 Å². The SMILES string of the molecule is Cc1noc(C)c1C(C)C(=O)Nc1cccc(C(F)(F)F)n1. The maximum Gasteiger partial charge on any atom is 0.433 e. The molecular weight excluding hydrogens is 299 g/mol. The number of aromatic nitrogens is 2. The molecule has 2 rings (SSSR count). The predicted molar refractivity (Wildman–Crippen MR) is 72.3 cm³/mol. The standard InChI is InChI=1S/C14H14F3N3O2/c1-7(12-8(2)20-22-9(12)3)13(21)19-11-6-4-5-10(18-11)14(15,16)17/h4-7H,1-3H3,(H,18,19,21). The van der Waals surface area contributed by atoms with E-state index in [1.807, 2.05) is 0 Å². The van der Waals surface area contributed by atoms with Crippen molar-refractivity contribution in [2.75, 3.05) is 5.32 Å². The van der Waals surface area contributed by atoms with Crippen molar-refractivity contribution in [2.45, 2.75) is 32.9 Å². The number of halogens is 3. The lowest BCUT2D eigenvalue weighted by molar-refractivity contribution is -0.141. The number of nitrogens with one attached hydrogen (secondary N) is 1. The number of carbonyl (C=O) groups is 1. The van der Waals surface area contributed by atoms with Gasteiger partial charge in [-0.3, -0.25) is 4.79 Å². The lowest BCUT2D eigenvalue weighted by Gasteiger charge is -2.13. The van der Waals surface area contributed by atoms with Gasteiger partial charge in [0.15, 0.2) is 0 Å². The number of aryl methyl sites for hydroxylation is 2. The Morgan fingerprint density at radius 3 is 2.55 bits per heavy atom. The summed E-state index contributed by atoms with van der Waals surface area (Å²) < 4.78 is 42.8. The minimum atomic E-state index is -4.56. The van der Waals surface area contributed by atoms with Gasteiger partial charge in [0.25, 0.3) is 0 Å². The molecule has 2 aromatic heterocycles. The minimum Gasteiger partial charge on any atom is -0.361 e. The van der Waals surface area contributed by atoms with Crippen LogP contribution in [0.2, 0.25) is 0 Å². The Bertz CT molecular complexity index is 675. The highest BCUT2D eigenvalue weighted by molar-refractivity contribution is 5.95. The zero-order valence-corrected chi connectivity index (χ0v) is 12.2. The van der Waals surface area contributed by atoms with Crippen molar-refractivity contribution >= 4 is 11.7 Å². The third kappa shape index (κ3) is 3.26. The fourth-order valence-electron chi connectivity index (χ4n) is 2.14. The molecule has 0 bridgehead atoms. The third-order valence-electron chi connectivity index (χ3n) is 3.21. The zero-order valence-electron chi connectivity index (χ0n) is 12.2. The summed E-state index contributed by atoms with van der Waals surface area (Å²) in [6.07, 6.45) is -4.56. The second-order valence-electron chi connectivity index (χ2n) is 4.85. The first-order valence-corrected chi connectivity index (χ1v) is 6.48. The normalized spacial score (nSPS) is 13.0. The first-order valence-electron chi connectivity index (χ1n) is 6.48. The van der Waals surface area contributed by atoms with Crippen molar-refractivity contribution in [3.63, 3.8) is 0 Å². The number of nitrogens with zero attached hydrogens (tertiary/aromatic N) is 2. The van der Waals surface area contributed by atoms with Crippen LogP contribution in [0.5, 0.6) is 0 Å². The highest BCUT2D eigenvalue weighted by Gasteiger charge is 2.32. The predicted octanol–water partition coefficient (Wildman–Crippen LogP) is 3.45. The van der Waals surface area contributed by atoms with Crippen molar-refractivity contribution in [2.24, 2.45) is 0 Å². The fraction of sp³-hybridized carbons (Fsp3) is 0.357. The van der Waals surface area contributed by atoms with Crippen LogP contribution in [0.25, 0.3) is 0 Å². The summed E-state index contributed by atoms with van der Waals surface area (Å²) in [6, 6.07) is 3.33. The number of alkyl halides is 3. The highest BCUT2D eigenvalue weighted by Crippen LogP contribution is 2.29. The smallest absolute Gasteiger partial charge is 0.361 e. The number of pyridine rings is 1. The number of rotatable bonds is 3. The van der Waals surface area contributed by atoms with Crippen LogP contribution >= 0.6 is 0 Å². The van der Waals surface area contributed by atoms with Crippen LogP contribution in [0.1, 0.15) is 35.6 Å². The summed E-state index contributed by atoms with van der Waals surface area (Å²) in [4.78, 5) is 15.6. The van der Waals surface area contributed by atoms with E-state index < -0.39 is 23.7 Å². The van der Waals surface area contributed by atoms with Gasteiger partial charge in [-0.15, -0.1) is 0 Å². The van der Waals surface area contributed by atoms with Gasteiger partial charge in [-0.05, 0) is 32.9 Å². The van der Waals surface area contributed by atoms with Crippen LogP contribution in [0.4, 0.5) is 19.0 Å². The highest BCUT2D eigenvalue weighted by atomic mass is 19.4. The minimum absolute atomic E-state index is 0.154. The monoisotopic (exact) mass is 313 g/mol. The summed E-state index contributed by atoms with van der Waals surface area (Å²) in [5, 5.41) is 6.13. The maximum absolute atomic E-state index is 12.6. The number of amides is 1. The summed E-state index contributed by atoms with van der Waals surface area (Å²) in [5.74, 6) is -0.764. The molecule has 118 valence electrons. The van der Waals surface area contributed by atoms with Gasteiger partial charge in [-0.2, -0.15) is 13.2 Å². The molecule has 8 heteroatoms. The van der Waals surface area contributed by atoms with Crippen LogP contribution in [-0.4, -0.2) is 16.0 Å². The van der Waals surface area contributed by atoms with E-state index in [1.165, 1.54) is 12.1 Å². The van der Waals surface area contributed by atoms with Crippen LogP contribution < -0.4 is 5.32 Å². The summed E-state index contributed by atoms with van der Waals surface area (Å²) >= 11 is 0. The average Bonchev–Trinajstić information content (AvgIpc) is 2.76. The molecule has 2 heterocycles. The number of anilines is 1. The molecule has 1 unspecified atom stereocenters. The zero-order chi connectivity index (χ0) is 16.5. The summed E-state index contributed by atoms with van der Waals surface area (Å²) in [5.41, 5.74) is 0.122. The van der Waals surface area contributed by atoms with E-state index in [0.29, 0.717) is 17.0 Å². The fourth-order valence-corrected chi connectivity index (χ4v) is 2.14. The first kappa shape index (κ1) is 16.0. The van der Waals surface area contributed by atoms with Crippen molar-refractivity contribution in [1.82, 2.24) is 10.1 Å². The molecule has 2 aromatic rings. The molecule has 0 radical (unpaired) electrons. The Morgan fingerprint density at radius 1 is 1.32 bits per heavy atom. The molecule has 0 saturated carbocycles. The Labute approximate surface area is 124 Å². The second kappa shape index (κ2) is 5.78. The lowest BCUT2D eigenvalue weighted by Crippen LogP contribution is -2.21. The van der Waals surface area contributed by atoms with Gasteiger partial charge in [0.05, 0.1) is 11.6 Å². The van der Waals surface area contributed by atoms with Gasteiger partial charge < -0.3 is 9.84 Å². The molecule has 1 atom stereocenters. The molecule has 0 aliphatic heterocycles. The van der Waals surface area contributed by atoms with Gasteiger partial charge in [-0.25, -0.2) is 4.98 Å². The van der Waals surface area contributed by atoms with Gasteiger partial charge in [0.1, 0.15) is 17.3 Å². The van der Waals surface area contributed by atoms with Crippen molar-refractivity contribution < 1.29 is 22.5 Å². The molecule has 22 heavy (non-hydrogen) atoms. The summed E-state index contributed by atoms with van der Waals surface area (Å²) in [7, 11) is 0. The van der Waals surface area contributed by atoms with Crippen LogP contribution in [0.15, 0.2) is 22.7 Å². The van der Waals surface area contributed by atoms with E-state index in [0.717, 1.165) is 6.07 Å². The molecule has 0 aliphatic rings. The largest absolute Gasteiger partial charge is 0.433 e. The third-order valence-corrected chi connectivity index (χ3v) is 3.21. The summed E-state index contributed by atoms with van der Waals surface area (Å²) in [6.45, 7) is 4.98. The van der Waals surface area contributed by atoms with E-state index in [9.17, 15) is 18.0 Å². The molecule has 5 nitrogen and oxygen atoms in total. The lowest BCUT2D eigenvalue weighted by atomic mass is 9.99. The van der Waals surface area contributed by atoms with Gasteiger partial charge in [0.2, 0.25) is 5.91 Å². The topological polar surface area (TPSA) is 68.0 Å². The molecule has 0 aromatic carbocycles. The second-order valence-corrected chi connectivity index (χ2v) is 4.85. The van der Waals surface area contributed by atoms with Gasteiger partial charge in [0, 0.05) is 5.56 Å². The number of carbonyl (C=O) groups excluding carboxylic acids is 1. The Hall–Kier alpha value is -2.38. The van der Waals surface area contributed by atoms with Crippen molar-refractivity contribution in [3.05, 3.63) is 40.9 Å². The van der Waals surface area contributed by atoms with Crippen LogP contribution in [0, 0.1) is 13.8 Å². The number of hydrogen-bond donors (Lipinski definition) is 1. The Balaban J connectivity index is 2.19. The van der Waals surface area contributed by atoms with E-state index in [2.05, 4.69) is 15.5 Å². The molecule has 1 N–H and O–H groups in total. The maximum atomic E-state index is 12.6. The molecule has 0 saturated heterocycles. The molecule has 0 aliphatic carbocycles. The van der Waals surface area contributed by atoms with Crippen molar-refractivity contribution in [1.29, 1.82) is 0 Å². The van der Waals surface area contributed by atoms with Crippen molar-refractivity contribution in [3.8, 4) is 0 Å². The van der Waals surface area contributed by atoms with E-state index in [-0.39, 0.29) is 5.82 Å². The Kier molecular flexibility index (Phi) is 4.20. The Morgan fingerprint density at radius 2 is 2.00 bits per heavy atom. The van der Waals surface area contributed by atoms with Gasteiger partial charge >= 0.3 is 6.18 Å². The van der Waals surface area contributed by atoms with Gasteiger partial charge in [-0.1, -0.05) is 11.2 Å². The van der Waals surface area contributed by atoms with Crippen LogP contribution in [0.3, 0.4) is 0 Å². The molecule has 0 spiro atoms. The van der Waals surface area contributed by atoms with E-state index in [1.54, 1.807) is 20.8 Å². The van der Waals surface area contributed by atoms with Crippen LogP contribution in [-0.2, 0) is 11.0 Å². The molecule has 0 fully saturated rings. The molecular formula is C14H14F3N3O2.